The molecule has 1 aromatic heterocycles. The van der Waals surface area contributed by atoms with Gasteiger partial charge in [0, 0.05) is 30.1 Å². The average Bonchev–Trinajstić information content (AvgIpc) is 3.12. The lowest BCUT2D eigenvalue weighted by molar-refractivity contribution is -0.165. The van der Waals surface area contributed by atoms with E-state index in [4.69, 9.17) is 25.4 Å². The van der Waals surface area contributed by atoms with Gasteiger partial charge in [-0.05, 0) is 47.4 Å². The van der Waals surface area contributed by atoms with Gasteiger partial charge in [-0.2, -0.15) is 0 Å². The van der Waals surface area contributed by atoms with E-state index < -0.39 is 24.1 Å². The molecule has 2 aromatic rings. The molecule has 1 heterocycles. The Hall–Kier alpha value is -2.86. The number of amides is 1. The number of carbonyl (C=O) groups is 3. The highest BCUT2D eigenvalue weighted by Gasteiger charge is 2.29. The Morgan fingerprint density at radius 1 is 1.00 bits per heavy atom. The molecular weight excluding hydrogens is 474 g/mol. The first-order valence-electron chi connectivity index (χ1n) is 11.1. The van der Waals surface area contributed by atoms with Crippen molar-refractivity contribution < 1.29 is 34.8 Å². The summed E-state index contributed by atoms with van der Waals surface area (Å²) in [5.74, 6) is -3.36. The van der Waals surface area contributed by atoms with Crippen LogP contribution in [0.3, 0.4) is 0 Å². The van der Waals surface area contributed by atoms with E-state index >= 15 is 0 Å². The summed E-state index contributed by atoms with van der Waals surface area (Å²) in [5, 5.41) is 33.5. The van der Waals surface area contributed by atoms with Gasteiger partial charge in [0.25, 0.3) is 0 Å². The molecule has 0 radical (unpaired) electrons. The predicted octanol–water partition coefficient (Wildman–Crippen LogP) is 1.57. The van der Waals surface area contributed by atoms with Crippen molar-refractivity contribution in [1.82, 2.24) is 14.8 Å². The molecule has 0 saturated carbocycles. The fourth-order valence-electron chi connectivity index (χ4n) is 3.18. The molecule has 1 aromatic carbocycles. The van der Waals surface area contributed by atoms with E-state index in [9.17, 15) is 14.4 Å². The van der Waals surface area contributed by atoms with Crippen LogP contribution in [0.1, 0.15) is 27.9 Å². The molecule has 10 nitrogen and oxygen atoms in total. The molecule has 194 valence electrons. The fraction of sp³-hybridized carbons (Fsp3) is 0.500. The lowest BCUT2D eigenvalue weighted by atomic mass is 10.0. The van der Waals surface area contributed by atoms with E-state index in [-0.39, 0.29) is 5.91 Å². The maximum atomic E-state index is 12.8. The summed E-state index contributed by atoms with van der Waals surface area (Å²) in [5.41, 5.74) is 4.55. The van der Waals surface area contributed by atoms with Gasteiger partial charge in [-0.3, -0.25) is 4.79 Å². The van der Waals surface area contributed by atoms with Gasteiger partial charge in [0.1, 0.15) is 0 Å². The van der Waals surface area contributed by atoms with Crippen LogP contribution in [-0.4, -0.2) is 99.0 Å². The van der Waals surface area contributed by atoms with E-state index in [2.05, 4.69) is 36.9 Å². The number of hydrogen-bond donors (Lipinski definition) is 4. The third kappa shape index (κ3) is 9.36. The number of carboxylic acids is 2. The summed E-state index contributed by atoms with van der Waals surface area (Å²) in [4.78, 5) is 42.1. The minimum absolute atomic E-state index is 0.180. The zero-order valence-corrected chi connectivity index (χ0v) is 21.8. The Bertz CT molecular complexity index is 1000. The third-order valence-corrected chi connectivity index (χ3v) is 6.08. The zero-order valence-electron chi connectivity index (χ0n) is 21.0. The second-order valence-corrected chi connectivity index (χ2v) is 9.63. The fourth-order valence-corrected chi connectivity index (χ4v) is 4.12. The number of thiazole rings is 1. The first kappa shape index (κ1) is 30.2. The van der Waals surface area contributed by atoms with Crippen LogP contribution in [0, 0.1) is 20.8 Å². The standard InChI is InChI=1S/C20H29N3OS.C4H6O6/c1-7-23(11-10-22(5)6)19(24)13-18-20(21-16(4)25-18)17-9-8-14(2)12-15(17)3;5-1(3(7)8)2(6)4(9)10/h8-9,12H,7,10-11,13H2,1-6H3;1-2,5-6H,(H,7,8)(H,9,10). The molecule has 1 amide bonds. The molecule has 0 aliphatic carbocycles. The van der Waals surface area contributed by atoms with Crippen LogP contribution in [-0.2, 0) is 20.8 Å². The second-order valence-electron chi connectivity index (χ2n) is 8.34. The van der Waals surface area contributed by atoms with Crippen molar-refractivity contribution in [2.75, 3.05) is 33.7 Å². The van der Waals surface area contributed by atoms with E-state index in [0.717, 1.165) is 40.8 Å². The molecular formula is C24H35N3O7S. The molecule has 0 aliphatic heterocycles. The van der Waals surface area contributed by atoms with Crippen molar-refractivity contribution in [3.8, 4) is 11.3 Å². The molecule has 0 fully saturated rings. The van der Waals surface area contributed by atoms with Crippen molar-refractivity contribution in [2.24, 2.45) is 0 Å². The molecule has 0 spiro atoms. The van der Waals surface area contributed by atoms with Crippen molar-refractivity contribution in [3.63, 3.8) is 0 Å². The number of nitrogens with zero attached hydrogens (tertiary/aromatic N) is 3. The van der Waals surface area contributed by atoms with Gasteiger partial charge < -0.3 is 30.2 Å². The van der Waals surface area contributed by atoms with Crippen molar-refractivity contribution in [2.45, 2.75) is 46.3 Å². The van der Waals surface area contributed by atoms with Gasteiger partial charge in [0.2, 0.25) is 5.91 Å². The van der Waals surface area contributed by atoms with Gasteiger partial charge >= 0.3 is 11.9 Å². The van der Waals surface area contributed by atoms with Gasteiger partial charge in [-0.25, -0.2) is 14.6 Å². The summed E-state index contributed by atoms with van der Waals surface area (Å²) in [7, 11) is 4.06. The number of aryl methyl sites for hydroxylation is 3. The summed E-state index contributed by atoms with van der Waals surface area (Å²) in [6, 6.07) is 6.40. The number of benzene rings is 1. The largest absolute Gasteiger partial charge is 0.479 e. The summed E-state index contributed by atoms with van der Waals surface area (Å²) >= 11 is 1.63. The Kier molecular flexibility index (Phi) is 12.0. The maximum Gasteiger partial charge on any atom is 0.335 e. The molecule has 0 bridgehead atoms. The smallest absolute Gasteiger partial charge is 0.335 e. The molecule has 2 unspecified atom stereocenters. The number of carbonyl (C=O) groups excluding carboxylic acids is 1. The highest BCUT2D eigenvalue weighted by molar-refractivity contribution is 7.12. The topological polar surface area (TPSA) is 152 Å². The van der Waals surface area contributed by atoms with Crippen LogP contribution in [0.15, 0.2) is 18.2 Å². The molecule has 0 aliphatic rings. The second kappa shape index (κ2) is 13.9. The molecule has 11 heteroatoms. The minimum atomic E-state index is -2.27. The highest BCUT2D eigenvalue weighted by atomic mass is 32.1. The zero-order chi connectivity index (χ0) is 26.9. The number of likely N-dealkylation sites (N-methyl/N-ethyl adjacent to an activating group) is 2. The number of rotatable bonds is 10. The number of carboxylic acid groups (broad SMARTS) is 2. The van der Waals surface area contributed by atoms with Crippen LogP contribution in [0.5, 0.6) is 0 Å². The van der Waals surface area contributed by atoms with Crippen LogP contribution < -0.4 is 0 Å². The minimum Gasteiger partial charge on any atom is -0.479 e. The van der Waals surface area contributed by atoms with Gasteiger partial charge in [0.05, 0.1) is 17.1 Å². The van der Waals surface area contributed by atoms with Crippen LogP contribution in [0.25, 0.3) is 11.3 Å². The van der Waals surface area contributed by atoms with Gasteiger partial charge in [0.15, 0.2) is 12.2 Å². The number of hydrogen-bond acceptors (Lipinski definition) is 8. The molecule has 35 heavy (non-hydrogen) atoms. The Morgan fingerprint density at radius 3 is 2.03 bits per heavy atom. The van der Waals surface area contributed by atoms with E-state index in [1.807, 2.05) is 32.8 Å². The Morgan fingerprint density at radius 2 is 1.57 bits per heavy atom. The number of aliphatic hydroxyl groups excluding tert-OH is 2. The van der Waals surface area contributed by atoms with E-state index in [0.29, 0.717) is 6.42 Å². The van der Waals surface area contributed by atoms with Crippen molar-refractivity contribution in [1.29, 1.82) is 0 Å². The monoisotopic (exact) mass is 509 g/mol. The van der Waals surface area contributed by atoms with Crippen LogP contribution in [0.2, 0.25) is 0 Å². The Balaban J connectivity index is 0.000000518. The predicted molar refractivity (Wildman–Crippen MR) is 134 cm³/mol. The number of aliphatic hydroxyl groups is 2. The quantitative estimate of drug-likeness (QED) is 0.374. The third-order valence-electron chi connectivity index (χ3n) is 5.11. The molecule has 2 atom stereocenters. The first-order valence-corrected chi connectivity index (χ1v) is 11.9. The molecule has 4 N–H and O–H groups in total. The number of aliphatic carboxylic acids is 2. The lowest BCUT2D eigenvalue weighted by Gasteiger charge is -2.22. The summed E-state index contributed by atoms with van der Waals surface area (Å²) < 4.78 is 0. The van der Waals surface area contributed by atoms with Crippen LogP contribution >= 0.6 is 11.3 Å². The number of aromatic nitrogens is 1. The average molecular weight is 510 g/mol. The van der Waals surface area contributed by atoms with Gasteiger partial charge in [-0.1, -0.05) is 23.8 Å². The Labute approximate surface area is 209 Å². The van der Waals surface area contributed by atoms with Crippen molar-refractivity contribution >= 4 is 29.2 Å². The summed E-state index contributed by atoms with van der Waals surface area (Å²) in [6.45, 7) is 10.6. The van der Waals surface area contributed by atoms with E-state index in [1.54, 1.807) is 11.3 Å². The normalized spacial score (nSPS) is 12.5. The SMILES string of the molecule is CCN(CCN(C)C)C(=O)Cc1sc(C)nc1-c1ccc(C)cc1C.O=C(O)C(O)C(O)C(=O)O. The lowest BCUT2D eigenvalue weighted by Crippen LogP contribution is -2.39. The first-order chi connectivity index (χ1) is 16.3. The van der Waals surface area contributed by atoms with Crippen molar-refractivity contribution in [3.05, 3.63) is 39.2 Å². The highest BCUT2D eigenvalue weighted by Crippen LogP contribution is 2.31. The molecule has 0 saturated heterocycles. The summed E-state index contributed by atoms with van der Waals surface area (Å²) in [6.07, 6.45) is -4.11. The maximum absolute atomic E-state index is 12.8. The van der Waals surface area contributed by atoms with Gasteiger partial charge in [-0.15, -0.1) is 11.3 Å². The van der Waals surface area contributed by atoms with Crippen LogP contribution in [0.4, 0.5) is 0 Å². The van der Waals surface area contributed by atoms with E-state index in [1.165, 1.54) is 11.1 Å². The molecule has 2 rings (SSSR count).